The van der Waals surface area contributed by atoms with E-state index in [2.05, 4.69) is 5.10 Å². The van der Waals surface area contributed by atoms with Crippen molar-refractivity contribution in [2.75, 3.05) is 0 Å². The second-order valence-electron chi connectivity index (χ2n) is 6.49. The molecule has 0 aliphatic rings. The van der Waals surface area contributed by atoms with Gasteiger partial charge in [0.2, 0.25) is 5.78 Å². The number of nitrogens with zero attached hydrogens (tertiary/aromatic N) is 4. The molecular weight excluding hydrogens is 396 g/mol. The highest BCUT2D eigenvalue weighted by atomic mass is 16.6. The summed E-state index contributed by atoms with van der Waals surface area (Å²) in [7, 11) is 0. The van der Waals surface area contributed by atoms with Gasteiger partial charge >= 0.3 is 0 Å². The molecule has 31 heavy (non-hydrogen) atoms. The number of aromatic nitrogens is 2. The molecule has 0 aliphatic heterocycles. The summed E-state index contributed by atoms with van der Waals surface area (Å²) in [6.45, 7) is 0. The molecule has 0 radical (unpaired) electrons. The smallest absolute Gasteiger partial charge is 0.269 e. The quantitative estimate of drug-likeness (QED) is 0.148. The first-order valence-electron chi connectivity index (χ1n) is 9.17. The van der Waals surface area contributed by atoms with E-state index < -0.39 is 10.7 Å². The van der Waals surface area contributed by atoms with Crippen molar-refractivity contribution >= 4 is 17.5 Å². The SMILES string of the molecule is N#C/C(=C\c1cn(-c2ccccc2)nc1-c1ccc([N+](=O)[O-])cc1)C(=O)c1ccco1. The lowest BCUT2D eigenvalue weighted by Crippen LogP contribution is -2.00. The van der Waals surface area contributed by atoms with Crippen molar-refractivity contribution < 1.29 is 14.1 Å². The third-order valence-electron chi connectivity index (χ3n) is 4.52. The fourth-order valence-electron chi connectivity index (χ4n) is 3.02. The topological polar surface area (TPSA) is 115 Å². The van der Waals surface area contributed by atoms with Gasteiger partial charge in [-0.2, -0.15) is 10.4 Å². The van der Waals surface area contributed by atoms with E-state index in [0.29, 0.717) is 16.8 Å². The lowest BCUT2D eigenvalue weighted by Gasteiger charge is -2.01. The van der Waals surface area contributed by atoms with Gasteiger partial charge in [0.25, 0.3) is 5.69 Å². The van der Waals surface area contributed by atoms with Gasteiger partial charge in [-0.15, -0.1) is 0 Å². The zero-order chi connectivity index (χ0) is 21.8. The lowest BCUT2D eigenvalue weighted by molar-refractivity contribution is -0.384. The highest BCUT2D eigenvalue weighted by Gasteiger charge is 2.18. The predicted octanol–water partition coefficient (Wildman–Crippen LogP) is 4.83. The molecule has 8 nitrogen and oxygen atoms in total. The Morgan fingerprint density at radius 3 is 2.45 bits per heavy atom. The van der Waals surface area contributed by atoms with Gasteiger partial charge in [0.05, 0.1) is 16.9 Å². The summed E-state index contributed by atoms with van der Waals surface area (Å²) in [5.74, 6) is -0.491. The summed E-state index contributed by atoms with van der Waals surface area (Å²) in [6, 6.07) is 20.2. The minimum Gasteiger partial charge on any atom is -0.461 e. The Hall–Kier alpha value is -4.77. The molecule has 4 aromatic rings. The van der Waals surface area contributed by atoms with Crippen LogP contribution in [0.2, 0.25) is 0 Å². The maximum absolute atomic E-state index is 12.6. The van der Waals surface area contributed by atoms with Crippen LogP contribution in [-0.4, -0.2) is 20.5 Å². The molecule has 0 spiro atoms. The molecule has 150 valence electrons. The van der Waals surface area contributed by atoms with Crippen LogP contribution >= 0.6 is 0 Å². The Labute approximate surface area is 176 Å². The first-order chi connectivity index (χ1) is 15.1. The van der Waals surface area contributed by atoms with Gasteiger partial charge in [0.15, 0.2) is 5.76 Å². The number of non-ortho nitro benzene ring substituents is 1. The summed E-state index contributed by atoms with van der Waals surface area (Å²) in [4.78, 5) is 23.1. The van der Waals surface area contributed by atoms with Gasteiger partial charge in [0.1, 0.15) is 17.3 Å². The van der Waals surface area contributed by atoms with Gasteiger partial charge in [-0.05, 0) is 42.5 Å². The Morgan fingerprint density at radius 2 is 1.84 bits per heavy atom. The van der Waals surface area contributed by atoms with Crippen LogP contribution in [0.5, 0.6) is 0 Å². The fraction of sp³-hybridized carbons (Fsp3) is 0. The van der Waals surface area contributed by atoms with Crippen molar-refractivity contribution in [1.29, 1.82) is 5.26 Å². The van der Waals surface area contributed by atoms with E-state index in [1.165, 1.54) is 30.5 Å². The molecule has 0 aliphatic carbocycles. The van der Waals surface area contributed by atoms with Crippen LogP contribution in [0.25, 0.3) is 23.0 Å². The Balaban J connectivity index is 1.83. The first-order valence-corrected chi connectivity index (χ1v) is 9.17. The number of allylic oxidation sites excluding steroid dienone is 1. The number of furan rings is 1. The van der Waals surface area contributed by atoms with E-state index in [9.17, 15) is 20.2 Å². The number of hydrogen-bond donors (Lipinski definition) is 0. The van der Waals surface area contributed by atoms with Crippen LogP contribution in [0.15, 0.2) is 89.2 Å². The van der Waals surface area contributed by atoms with Gasteiger partial charge in [-0.3, -0.25) is 14.9 Å². The summed E-state index contributed by atoms with van der Waals surface area (Å²) in [6.07, 6.45) is 4.49. The lowest BCUT2D eigenvalue weighted by atomic mass is 10.0. The minimum absolute atomic E-state index is 0.0472. The number of ketones is 1. The van der Waals surface area contributed by atoms with E-state index in [-0.39, 0.29) is 17.0 Å². The third kappa shape index (κ3) is 4.02. The van der Waals surface area contributed by atoms with E-state index >= 15 is 0 Å². The van der Waals surface area contributed by atoms with Crippen molar-refractivity contribution in [3.63, 3.8) is 0 Å². The van der Waals surface area contributed by atoms with E-state index in [0.717, 1.165) is 5.69 Å². The molecule has 0 atom stereocenters. The number of para-hydroxylation sites is 1. The van der Waals surface area contributed by atoms with Crippen molar-refractivity contribution in [3.05, 3.63) is 106 Å². The largest absolute Gasteiger partial charge is 0.461 e. The third-order valence-corrected chi connectivity index (χ3v) is 4.52. The average molecular weight is 410 g/mol. The van der Waals surface area contributed by atoms with Crippen LogP contribution < -0.4 is 0 Å². The molecule has 0 N–H and O–H groups in total. The van der Waals surface area contributed by atoms with Crippen LogP contribution in [0, 0.1) is 21.4 Å². The second kappa shape index (κ2) is 8.31. The monoisotopic (exact) mass is 410 g/mol. The Kier molecular flexibility index (Phi) is 5.24. The van der Waals surface area contributed by atoms with Crippen molar-refractivity contribution in [2.45, 2.75) is 0 Å². The number of Topliss-reactive ketones (excluding diaryl/α,β-unsaturated/α-hetero) is 1. The zero-order valence-electron chi connectivity index (χ0n) is 16.0. The normalized spacial score (nSPS) is 11.1. The molecular formula is C23H14N4O4. The highest BCUT2D eigenvalue weighted by Crippen LogP contribution is 2.28. The maximum atomic E-state index is 12.6. The fourth-order valence-corrected chi connectivity index (χ4v) is 3.02. The summed E-state index contributed by atoms with van der Waals surface area (Å²) in [5, 5.41) is 25.1. The molecule has 2 aromatic carbocycles. The second-order valence-corrected chi connectivity index (χ2v) is 6.49. The number of rotatable bonds is 6. The molecule has 4 rings (SSSR count). The summed E-state index contributed by atoms with van der Waals surface area (Å²) in [5.41, 5.74) is 2.20. The number of nitro benzene ring substituents is 1. The Morgan fingerprint density at radius 1 is 1.10 bits per heavy atom. The van der Waals surface area contributed by atoms with Gasteiger partial charge < -0.3 is 4.42 Å². The number of carbonyl (C=O) groups excluding carboxylic acids is 1. The molecule has 0 bridgehead atoms. The van der Waals surface area contributed by atoms with Crippen molar-refractivity contribution in [3.8, 4) is 23.0 Å². The van der Waals surface area contributed by atoms with E-state index in [1.54, 1.807) is 29.1 Å². The maximum Gasteiger partial charge on any atom is 0.269 e. The van der Waals surface area contributed by atoms with Crippen molar-refractivity contribution in [2.24, 2.45) is 0 Å². The number of nitriles is 1. The van der Waals surface area contributed by atoms with Crippen LogP contribution in [-0.2, 0) is 0 Å². The molecule has 0 fully saturated rings. The molecule has 2 aromatic heterocycles. The van der Waals surface area contributed by atoms with Crippen LogP contribution in [0.3, 0.4) is 0 Å². The standard InChI is InChI=1S/C23H14N4O4/c24-14-17(23(28)21-7-4-12-31-21)13-18-15-26(19-5-2-1-3-6-19)25-22(18)16-8-10-20(11-9-16)27(29)30/h1-13,15H/b17-13+. The molecule has 0 unspecified atom stereocenters. The molecule has 2 heterocycles. The zero-order valence-corrected chi connectivity index (χ0v) is 16.0. The number of hydrogen-bond acceptors (Lipinski definition) is 6. The van der Waals surface area contributed by atoms with Gasteiger partial charge in [-0.25, -0.2) is 4.68 Å². The average Bonchev–Trinajstić information content (AvgIpc) is 3.48. The molecule has 0 amide bonds. The highest BCUT2D eigenvalue weighted by molar-refractivity contribution is 6.12. The molecule has 0 saturated heterocycles. The number of nitro groups is 1. The molecule has 8 heteroatoms. The first kappa shape index (κ1) is 19.5. The van der Waals surface area contributed by atoms with E-state index in [4.69, 9.17) is 4.42 Å². The Bertz CT molecular complexity index is 1310. The van der Waals surface area contributed by atoms with Gasteiger partial charge in [-0.1, -0.05) is 18.2 Å². The molecule has 0 saturated carbocycles. The van der Waals surface area contributed by atoms with E-state index in [1.807, 2.05) is 36.4 Å². The summed E-state index contributed by atoms with van der Waals surface area (Å²) < 4.78 is 6.73. The van der Waals surface area contributed by atoms with Gasteiger partial charge in [0, 0.05) is 29.5 Å². The van der Waals surface area contributed by atoms with Crippen LogP contribution in [0.1, 0.15) is 16.1 Å². The van der Waals surface area contributed by atoms with Crippen molar-refractivity contribution in [1.82, 2.24) is 9.78 Å². The predicted molar refractivity (Wildman–Crippen MR) is 112 cm³/mol. The van der Waals surface area contributed by atoms with Crippen LogP contribution in [0.4, 0.5) is 5.69 Å². The summed E-state index contributed by atoms with van der Waals surface area (Å²) >= 11 is 0. The minimum atomic E-state index is -0.547. The number of carbonyl (C=O) groups is 1. The number of benzene rings is 2.